The van der Waals surface area contributed by atoms with Gasteiger partial charge in [-0.05, 0) is 31.2 Å². The normalized spacial score (nSPS) is 17.7. The topological polar surface area (TPSA) is 75.7 Å². The molecule has 1 atom stereocenters. The van der Waals surface area contributed by atoms with Gasteiger partial charge in [0.1, 0.15) is 0 Å². The molecule has 0 saturated carbocycles. The second-order valence-electron chi connectivity index (χ2n) is 4.58. The van der Waals surface area contributed by atoms with Crippen LogP contribution in [0, 0.1) is 0 Å². The van der Waals surface area contributed by atoms with E-state index in [1.54, 1.807) is 36.1 Å². The van der Waals surface area contributed by atoms with Gasteiger partial charge in [0.15, 0.2) is 0 Å². The van der Waals surface area contributed by atoms with Crippen LogP contribution in [0.2, 0.25) is 5.02 Å². The van der Waals surface area contributed by atoms with Crippen LogP contribution in [0.25, 0.3) is 0 Å². The smallest absolute Gasteiger partial charge is 0.396 e. The Morgan fingerprint density at radius 3 is 2.67 bits per heavy atom. The number of rotatable bonds is 3. The molecule has 1 aromatic carbocycles. The van der Waals surface area contributed by atoms with E-state index >= 15 is 0 Å². The zero-order valence-electron chi connectivity index (χ0n) is 11.5. The molecule has 2 rings (SSSR count). The molecule has 0 aliphatic carbocycles. The molecular weight excluding hydrogens is 296 g/mol. The quantitative estimate of drug-likeness (QED) is 0.670. The van der Waals surface area contributed by atoms with Gasteiger partial charge in [-0.15, -0.1) is 0 Å². The second kappa shape index (κ2) is 6.58. The summed E-state index contributed by atoms with van der Waals surface area (Å²) in [4.78, 5) is 36.3. The van der Waals surface area contributed by atoms with Gasteiger partial charge >= 0.3 is 11.9 Å². The largest absolute Gasteiger partial charge is 0.459 e. The third-order valence-electron chi connectivity index (χ3n) is 3.06. The molecule has 1 N–H and O–H groups in total. The zero-order valence-corrected chi connectivity index (χ0v) is 12.2. The van der Waals surface area contributed by atoms with Crippen molar-refractivity contribution in [3.63, 3.8) is 0 Å². The third-order valence-corrected chi connectivity index (χ3v) is 3.31. The van der Waals surface area contributed by atoms with Crippen LogP contribution in [0.4, 0.5) is 5.69 Å². The standard InChI is InChI=1S/C14H15ClN2O4/c1-2-21-14(20)13(19)16-10-7-12(18)17(8-10)11-5-3-9(15)4-6-11/h3-6,10H,2,7-8H2,1H3,(H,16,19)/t10-/m1/s1. The van der Waals surface area contributed by atoms with E-state index < -0.39 is 17.9 Å². The summed E-state index contributed by atoms with van der Waals surface area (Å²) in [6, 6.07) is 6.43. The van der Waals surface area contributed by atoms with Crippen molar-refractivity contribution in [1.82, 2.24) is 5.32 Å². The van der Waals surface area contributed by atoms with E-state index in [9.17, 15) is 14.4 Å². The van der Waals surface area contributed by atoms with Crippen molar-refractivity contribution < 1.29 is 19.1 Å². The summed E-state index contributed by atoms with van der Waals surface area (Å²) in [5.41, 5.74) is 0.706. The molecule has 1 saturated heterocycles. The van der Waals surface area contributed by atoms with Gasteiger partial charge in [0, 0.05) is 23.7 Å². The molecule has 7 heteroatoms. The number of hydrogen-bond acceptors (Lipinski definition) is 4. The molecule has 0 radical (unpaired) electrons. The predicted molar refractivity (Wildman–Crippen MR) is 77.0 cm³/mol. The number of anilines is 1. The van der Waals surface area contributed by atoms with E-state index in [1.807, 2.05) is 0 Å². The minimum atomic E-state index is -0.935. The fourth-order valence-electron chi connectivity index (χ4n) is 2.12. The lowest BCUT2D eigenvalue weighted by molar-refractivity contribution is -0.154. The number of hydrogen-bond donors (Lipinski definition) is 1. The monoisotopic (exact) mass is 310 g/mol. The van der Waals surface area contributed by atoms with Crippen LogP contribution in [-0.4, -0.2) is 37.0 Å². The van der Waals surface area contributed by atoms with E-state index in [-0.39, 0.29) is 18.9 Å². The maximum absolute atomic E-state index is 12.0. The van der Waals surface area contributed by atoms with Crippen molar-refractivity contribution in [2.24, 2.45) is 0 Å². The van der Waals surface area contributed by atoms with Crippen molar-refractivity contribution in [2.45, 2.75) is 19.4 Å². The fourth-order valence-corrected chi connectivity index (χ4v) is 2.24. The Bertz CT molecular complexity index is 559. The number of halogens is 1. The van der Waals surface area contributed by atoms with Gasteiger partial charge in [-0.1, -0.05) is 11.6 Å². The summed E-state index contributed by atoms with van der Waals surface area (Å²) < 4.78 is 4.60. The molecule has 1 fully saturated rings. The summed E-state index contributed by atoms with van der Waals surface area (Å²) in [5, 5.41) is 3.08. The lowest BCUT2D eigenvalue weighted by Crippen LogP contribution is -2.41. The van der Waals surface area contributed by atoms with Gasteiger partial charge in [0.25, 0.3) is 0 Å². The van der Waals surface area contributed by atoms with Crippen LogP contribution in [-0.2, 0) is 19.1 Å². The number of amides is 2. The van der Waals surface area contributed by atoms with Crippen molar-refractivity contribution in [1.29, 1.82) is 0 Å². The number of carbonyl (C=O) groups excluding carboxylic acids is 3. The molecule has 6 nitrogen and oxygen atoms in total. The molecular formula is C14H15ClN2O4. The van der Waals surface area contributed by atoms with Crippen LogP contribution in [0.5, 0.6) is 0 Å². The zero-order chi connectivity index (χ0) is 15.4. The first-order valence-corrected chi connectivity index (χ1v) is 6.92. The van der Waals surface area contributed by atoms with Gasteiger partial charge in [-0.2, -0.15) is 0 Å². The molecule has 1 aromatic rings. The molecule has 0 unspecified atom stereocenters. The Kier molecular flexibility index (Phi) is 4.80. The van der Waals surface area contributed by atoms with Gasteiger partial charge in [0.05, 0.1) is 12.6 Å². The van der Waals surface area contributed by atoms with E-state index in [4.69, 9.17) is 11.6 Å². The van der Waals surface area contributed by atoms with Crippen molar-refractivity contribution in [2.75, 3.05) is 18.1 Å². The number of esters is 1. The minimum absolute atomic E-state index is 0.119. The molecule has 112 valence electrons. The molecule has 21 heavy (non-hydrogen) atoms. The summed E-state index contributed by atoms with van der Waals surface area (Å²) >= 11 is 5.80. The lowest BCUT2D eigenvalue weighted by atomic mass is 10.2. The molecule has 1 aliphatic rings. The van der Waals surface area contributed by atoms with E-state index in [0.29, 0.717) is 17.3 Å². The van der Waals surface area contributed by atoms with Crippen molar-refractivity contribution in [3.05, 3.63) is 29.3 Å². The molecule has 1 heterocycles. The summed E-state index contributed by atoms with van der Waals surface area (Å²) in [7, 11) is 0. The van der Waals surface area contributed by atoms with Gasteiger partial charge < -0.3 is 15.0 Å². The average molecular weight is 311 g/mol. The highest BCUT2D eigenvalue weighted by atomic mass is 35.5. The van der Waals surface area contributed by atoms with Crippen LogP contribution in [0.15, 0.2) is 24.3 Å². The highest BCUT2D eigenvalue weighted by Gasteiger charge is 2.32. The summed E-state index contributed by atoms with van der Waals surface area (Å²) in [6.07, 6.45) is 0.147. The number of carbonyl (C=O) groups is 3. The maximum atomic E-state index is 12.0. The fraction of sp³-hybridized carbons (Fsp3) is 0.357. The SMILES string of the molecule is CCOC(=O)C(=O)N[C@@H]1CC(=O)N(c2ccc(Cl)cc2)C1. The van der Waals surface area contributed by atoms with Gasteiger partial charge in [-0.25, -0.2) is 4.79 Å². The van der Waals surface area contributed by atoms with Gasteiger partial charge in [0.2, 0.25) is 5.91 Å². The lowest BCUT2D eigenvalue weighted by Gasteiger charge is -2.17. The Hall–Kier alpha value is -2.08. The first-order valence-electron chi connectivity index (χ1n) is 6.54. The number of nitrogens with zero attached hydrogens (tertiary/aromatic N) is 1. The summed E-state index contributed by atoms with van der Waals surface area (Å²) in [6.45, 7) is 2.06. The third kappa shape index (κ3) is 3.72. The second-order valence-corrected chi connectivity index (χ2v) is 5.01. The Morgan fingerprint density at radius 1 is 1.38 bits per heavy atom. The molecule has 0 bridgehead atoms. The maximum Gasteiger partial charge on any atom is 0.396 e. The van der Waals surface area contributed by atoms with Gasteiger partial charge in [-0.3, -0.25) is 9.59 Å². The van der Waals surface area contributed by atoms with Crippen LogP contribution in [0.3, 0.4) is 0 Å². The minimum Gasteiger partial charge on any atom is -0.459 e. The van der Waals surface area contributed by atoms with Crippen LogP contribution >= 0.6 is 11.6 Å². The first kappa shape index (κ1) is 15.3. The Balaban J connectivity index is 1.98. The Morgan fingerprint density at radius 2 is 2.05 bits per heavy atom. The van der Waals surface area contributed by atoms with E-state index in [2.05, 4.69) is 10.1 Å². The molecule has 0 aromatic heterocycles. The van der Waals surface area contributed by atoms with Crippen molar-refractivity contribution in [3.8, 4) is 0 Å². The molecule has 2 amide bonds. The number of ether oxygens (including phenoxy) is 1. The first-order chi connectivity index (χ1) is 10.0. The number of benzene rings is 1. The molecule has 0 spiro atoms. The van der Waals surface area contributed by atoms with Crippen LogP contribution < -0.4 is 10.2 Å². The van der Waals surface area contributed by atoms with E-state index in [0.717, 1.165) is 0 Å². The van der Waals surface area contributed by atoms with Crippen molar-refractivity contribution >= 4 is 35.1 Å². The predicted octanol–water partition coefficient (Wildman–Crippen LogP) is 1.12. The van der Waals surface area contributed by atoms with Crippen LogP contribution in [0.1, 0.15) is 13.3 Å². The van der Waals surface area contributed by atoms with E-state index in [1.165, 1.54) is 0 Å². The average Bonchev–Trinajstić information content (AvgIpc) is 2.80. The molecule has 1 aliphatic heterocycles. The highest BCUT2D eigenvalue weighted by Crippen LogP contribution is 2.23. The Labute approximate surface area is 127 Å². The number of nitrogens with one attached hydrogen (secondary N) is 1. The summed E-state index contributed by atoms with van der Waals surface area (Å²) in [5.74, 6) is -1.88. The highest BCUT2D eigenvalue weighted by molar-refractivity contribution is 6.32.